The highest BCUT2D eigenvalue weighted by molar-refractivity contribution is 6.24. The molecule has 73 heavy (non-hydrogen) atoms. The number of nitrogens with one attached hydrogen (secondary N) is 1. The summed E-state index contributed by atoms with van der Waals surface area (Å²) in [5, 5.41) is 8.79. The Morgan fingerprint density at radius 1 is 0.384 bits per heavy atom. The highest BCUT2D eigenvalue weighted by Gasteiger charge is 2.37. The lowest BCUT2D eigenvalue weighted by molar-refractivity contribution is 0.590. The second-order valence-corrected chi connectivity index (χ2v) is 24.2. The third-order valence-corrected chi connectivity index (χ3v) is 15.7. The summed E-state index contributed by atoms with van der Waals surface area (Å²) < 4.78 is 0. The largest absolute Gasteiger partial charge is 0.355 e. The van der Waals surface area contributed by atoms with Gasteiger partial charge >= 0.3 is 0 Å². The summed E-state index contributed by atoms with van der Waals surface area (Å²) >= 11 is 0. The average Bonchev–Trinajstić information content (AvgIpc) is 3.59. The van der Waals surface area contributed by atoms with Crippen molar-refractivity contribution >= 4 is 67.0 Å². The van der Waals surface area contributed by atoms with Crippen LogP contribution in [0.2, 0.25) is 0 Å². The molecule has 0 aromatic heterocycles. The van der Waals surface area contributed by atoms with Crippen LogP contribution in [0, 0.1) is 0 Å². The molecule has 1 N–H and O–H groups in total. The highest BCUT2D eigenvalue weighted by atomic mass is 15.2. The Morgan fingerprint density at radius 2 is 0.808 bits per heavy atom. The molecule has 0 atom stereocenters. The van der Waals surface area contributed by atoms with Crippen LogP contribution in [0.3, 0.4) is 0 Å². The summed E-state index contributed by atoms with van der Waals surface area (Å²) in [6.07, 6.45) is 0. The summed E-state index contributed by atoms with van der Waals surface area (Å²) in [5.74, 6) is 1.26. The van der Waals surface area contributed by atoms with Gasteiger partial charge in [0.25, 0.3) is 0 Å². The van der Waals surface area contributed by atoms with E-state index in [1.54, 1.807) is 0 Å². The molecule has 0 aliphatic heterocycles. The van der Waals surface area contributed by atoms with Crippen LogP contribution in [-0.4, -0.2) is 0 Å². The van der Waals surface area contributed by atoms with Crippen molar-refractivity contribution < 1.29 is 0 Å². The maximum Gasteiger partial charge on any atom is 0.0620 e. The van der Waals surface area contributed by atoms with E-state index in [0.717, 1.165) is 56.3 Å². The minimum atomic E-state index is -0.198. The van der Waals surface area contributed by atoms with Gasteiger partial charge in [0.15, 0.2) is 0 Å². The van der Waals surface area contributed by atoms with Crippen molar-refractivity contribution in [3.63, 3.8) is 0 Å². The predicted octanol–water partition coefficient (Wildman–Crippen LogP) is 20.9. The molecule has 10 rings (SSSR count). The van der Waals surface area contributed by atoms with E-state index in [0.29, 0.717) is 17.8 Å². The Morgan fingerprint density at radius 3 is 1.29 bits per heavy atom. The molecule has 0 radical (unpaired) electrons. The van der Waals surface area contributed by atoms with E-state index in [4.69, 9.17) is 0 Å². The Bertz CT molecular complexity index is 3400. The van der Waals surface area contributed by atoms with E-state index in [1.807, 2.05) is 0 Å². The molecule has 1 aliphatic carbocycles. The third-order valence-electron chi connectivity index (χ3n) is 15.7. The van der Waals surface area contributed by atoms with Crippen molar-refractivity contribution in [3.05, 3.63) is 215 Å². The molecule has 370 valence electrons. The number of nitrogens with zero attached hydrogens (tertiary/aromatic N) is 2. The van der Waals surface area contributed by atoms with Gasteiger partial charge in [0.05, 0.1) is 11.4 Å². The van der Waals surface area contributed by atoms with Crippen molar-refractivity contribution in [3.8, 4) is 11.1 Å². The Balaban J connectivity index is 1.35. The van der Waals surface area contributed by atoms with Crippen LogP contribution in [0.1, 0.15) is 154 Å². The fraction of sp³-hybridized carbons (Fsp3) is 0.286. The van der Waals surface area contributed by atoms with Gasteiger partial charge in [-0.05, 0) is 164 Å². The first-order chi connectivity index (χ1) is 34.7. The molecule has 3 heteroatoms. The molecule has 0 bridgehead atoms. The SMILES string of the molecule is CC(C)c1ccc(N(c2ccc(C(C)C)cc2)c2ccc3c(Nc4ccc(C(C)(C)C)cc4)c4cc5c(cc4c(N(c4ccc(C(C)C)cc4)c4ccc(C(C)(C)C)cc4)c3c2)-c2ccccc2C5(C)C)cc1. The van der Waals surface area contributed by atoms with Gasteiger partial charge in [0.2, 0.25) is 0 Å². The zero-order valence-electron chi connectivity index (χ0n) is 45.9. The molecule has 0 unspecified atom stereocenters. The standard InChI is InChI=1S/C70H75N3/c1-44(2)47-19-31-53(32-20-47)72(54-33-21-48(22-34-54)45(3)4)57-39-40-59-62(41-57)67(73(55-35-23-49(24-36-55)46(5)6)56-37-27-51(28-38-56)69(10,11)12)63-42-60-58-17-15-16-18-64(58)70(13,14)65(60)43-61(63)66(59)71-52-29-25-50(26-30-52)68(7,8)9/h15-46,71H,1-14H3. The van der Waals surface area contributed by atoms with Gasteiger partial charge in [-0.15, -0.1) is 0 Å². The molecular formula is C70H75N3. The predicted molar refractivity (Wildman–Crippen MR) is 318 cm³/mol. The van der Waals surface area contributed by atoms with Gasteiger partial charge < -0.3 is 15.1 Å². The minimum Gasteiger partial charge on any atom is -0.355 e. The molecule has 0 heterocycles. The smallest absolute Gasteiger partial charge is 0.0620 e. The van der Waals surface area contributed by atoms with Crippen LogP contribution < -0.4 is 15.1 Å². The van der Waals surface area contributed by atoms with Gasteiger partial charge in [-0.25, -0.2) is 0 Å². The van der Waals surface area contributed by atoms with Crippen LogP contribution in [0.5, 0.6) is 0 Å². The van der Waals surface area contributed by atoms with E-state index in [2.05, 4.69) is 288 Å². The molecule has 0 saturated heterocycles. The van der Waals surface area contributed by atoms with Crippen LogP contribution in [-0.2, 0) is 16.2 Å². The Kier molecular flexibility index (Phi) is 12.7. The second kappa shape index (κ2) is 18.7. The van der Waals surface area contributed by atoms with Crippen LogP contribution in [0.25, 0.3) is 32.7 Å². The van der Waals surface area contributed by atoms with E-state index < -0.39 is 0 Å². The minimum absolute atomic E-state index is 0.0000794. The highest BCUT2D eigenvalue weighted by Crippen LogP contribution is 2.55. The summed E-state index contributed by atoms with van der Waals surface area (Å²) in [4.78, 5) is 4.99. The lowest BCUT2D eigenvalue weighted by Crippen LogP contribution is -2.16. The molecule has 0 saturated carbocycles. The maximum absolute atomic E-state index is 4.11. The summed E-state index contributed by atoms with van der Waals surface area (Å²) in [6.45, 7) is 32.2. The topological polar surface area (TPSA) is 18.5 Å². The number of fused-ring (bicyclic) bond motifs is 5. The van der Waals surface area contributed by atoms with E-state index in [-0.39, 0.29) is 16.2 Å². The zero-order chi connectivity index (χ0) is 51.7. The maximum atomic E-state index is 4.11. The van der Waals surface area contributed by atoms with Gasteiger partial charge in [0.1, 0.15) is 0 Å². The summed E-state index contributed by atoms with van der Waals surface area (Å²) in [5.41, 5.74) is 20.6. The molecule has 9 aromatic rings. The number of hydrogen-bond acceptors (Lipinski definition) is 3. The van der Waals surface area contributed by atoms with Crippen molar-refractivity contribution in [2.24, 2.45) is 0 Å². The second-order valence-electron chi connectivity index (χ2n) is 24.2. The molecule has 0 spiro atoms. The number of rotatable bonds is 11. The fourth-order valence-corrected chi connectivity index (χ4v) is 11.1. The van der Waals surface area contributed by atoms with Crippen LogP contribution >= 0.6 is 0 Å². The molecule has 0 fully saturated rings. The van der Waals surface area contributed by atoms with Crippen molar-refractivity contribution in [2.75, 3.05) is 15.1 Å². The quantitative estimate of drug-likeness (QED) is 0.103. The van der Waals surface area contributed by atoms with Crippen LogP contribution in [0.4, 0.5) is 45.5 Å². The van der Waals surface area contributed by atoms with Crippen molar-refractivity contribution in [1.82, 2.24) is 0 Å². The number of anilines is 8. The molecule has 9 aromatic carbocycles. The van der Waals surface area contributed by atoms with Gasteiger partial charge in [0, 0.05) is 61.1 Å². The Hall–Kier alpha value is -7.10. The molecule has 0 amide bonds. The zero-order valence-corrected chi connectivity index (χ0v) is 45.9. The van der Waals surface area contributed by atoms with E-state index in [1.165, 1.54) is 60.8 Å². The van der Waals surface area contributed by atoms with Crippen molar-refractivity contribution in [2.45, 2.75) is 131 Å². The summed E-state index contributed by atoms with van der Waals surface area (Å²) in [7, 11) is 0. The first-order valence-electron chi connectivity index (χ1n) is 26.7. The van der Waals surface area contributed by atoms with Gasteiger partial charge in [-0.1, -0.05) is 188 Å². The summed E-state index contributed by atoms with van der Waals surface area (Å²) in [6, 6.07) is 67.4. The number of benzene rings is 9. The number of hydrogen-bond donors (Lipinski definition) is 1. The van der Waals surface area contributed by atoms with Gasteiger partial charge in [-0.3, -0.25) is 0 Å². The average molecular weight is 958 g/mol. The molecule has 1 aliphatic rings. The van der Waals surface area contributed by atoms with E-state index >= 15 is 0 Å². The monoisotopic (exact) mass is 958 g/mol. The first-order valence-corrected chi connectivity index (χ1v) is 26.7. The molecule has 3 nitrogen and oxygen atoms in total. The third kappa shape index (κ3) is 9.22. The lowest BCUT2D eigenvalue weighted by atomic mass is 9.81. The molecular weight excluding hydrogens is 883 g/mol. The van der Waals surface area contributed by atoms with Crippen molar-refractivity contribution in [1.29, 1.82) is 0 Å². The van der Waals surface area contributed by atoms with Crippen LogP contribution in [0.15, 0.2) is 176 Å². The normalized spacial score (nSPS) is 13.3. The Labute approximate surface area is 436 Å². The van der Waals surface area contributed by atoms with E-state index in [9.17, 15) is 0 Å². The first kappa shape index (κ1) is 49.5. The lowest BCUT2D eigenvalue weighted by Gasteiger charge is -2.32. The fourth-order valence-electron chi connectivity index (χ4n) is 11.1. The van der Waals surface area contributed by atoms with Gasteiger partial charge in [-0.2, -0.15) is 0 Å².